The van der Waals surface area contributed by atoms with Gasteiger partial charge in [0.15, 0.2) is 0 Å². The summed E-state index contributed by atoms with van der Waals surface area (Å²) < 4.78 is 45.8. The molecule has 0 aliphatic carbocycles. The zero-order chi connectivity index (χ0) is 18.0. The third-order valence-corrected chi connectivity index (χ3v) is 5.19. The molecule has 25 heavy (non-hydrogen) atoms. The number of ether oxygens (including phenoxy) is 1. The van der Waals surface area contributed by atoms with Gasteiger partial charge in [0.1, 0.15) is 5.75 Å². The lowest BCUT2D eigenvalue weighted by Gasteiger charge is -2.32. The smallest absolute Gasteiger partial charge is 0.401 e. The average Bonchev–Trinajstić information content (AvgIpc) is 2.72. The lowest BCUT2D eigenvalue weighted by Crippen LogP contribution is -2.37. The lowest BCUT2D eigenvalue weighted by molar-refractivity contribution is -0.149. The highest BCUT2D eigenvalue weighted by Crippen LogP contribution is 2.37. The molecule has 1 unspecified atom stereocenters. The van der Waals surface area contributed by atoms with Crippen LogP contribution in [0.5, 0.6) is 5.75 Å². The maximum atomic E-state index is 13.2. The van der Waals surface area contributed by atoms with Gasteiger partial charge in [0.25, 0.3) is 0 Å². The topological polar surface area (TPSA) is 12.5 Å². The van der Waals surface area contributed by atoms with Crippen molar-refractivity contribution in [3.05, 3.63) is 62.7 Å². The van der Waals surface area contributed by atoms with Crippen molar-refractivity contribution in [1.29, 1.82) is 0 Å². The first kappa shape index (κ1) is 18.5. The van der Waals surface area contributed by atoms with Crippen LogP contribution in [0.15, 0.2) is 42.5 Å². The van der Waals surface area contributed by atoms with Crippen LogP contribution in [0.3, 0.4) is 0 Å². The Bertz CT molecular complexity index is 730. The molecule has 2 aromatic carbocycles. The number of benzene rings is 2. The minimum atomic E-state index is -4.22. The van der Waals surface area contributed by atoms with Gasteiger partial charge in [-0.1, -0.05) is 18.2 Å². The van der Waals surface area contributed by atoms with Crippen molar-refractivity contribution < 1.29 is 17.9 Å². The molecule has 0 amide bonds. The maximum absolute atomic E-state index is 13.2. The van der Waals surface area contributed by atoms with E-state index in [1.807, 2.05) is 42.5 Å². The van der Waals surface area contributed by atoms with Gasteiger partial charge < -0.3 is 4.74 Å². The molecule has 0 radical (unpaired) electrons. The number of rotatable bonds is 3. The van der Waals surface area contributed by atoms with Crippen LogP contribution in [0.1, 0.15) is 29.2 Å². The predicted octanol–water partition coefficient (Wildman–Crippen LogP) is 5.20. The molecular weight excluding hydrogens is 442 g/mol. The van der Waals surface area contributed by atoms with Crippen LogP contribution in [-0.4, -0.2) is 31.3 Å². The number of fused-ring (bicyclic) bond motifs is 1. The van der Waals surface area contributed by atoms with Crippen molar-refractivity contribution in [1.82, 2.24) is 4.90 Å². The van der Waals surface area contributed by atoms with Gasteiger partial charge in [-0.05, 0) is 82.9 Å². The Hall–Kier alpha value is -1.28. The number of aryl methyl sites for hydroxylation is 1. The maximum Gasteiger partial charge on any atom is 0.401 e. The van der Waals surface area contributed by atoms with Crippen molar-refractivity contribution >= 4 is 22.6 Å². The Morgan fingerprint density at radius 3 is 2.52 bits per heavy atom. The van der Waals surface area contributed by atoms with Crippen molar-refractivity contribution in [3.8, 4) is 5.75 Å². The highest BCUT2D eigenvalue weighted by molar-refractivity contribution is 14.1. The van der Waals surface area contributed by atoms with Gasteiger partial charge in [-0.15, -0.1) is 0 Å². The van der Waals surface area contributed by atoms with Gasteiger partial charge in [-0.3, -0.25) is 4.90 Å². The third-order valence-electron chi connectivity index (χ3n) is 4.47. The fourth-order valence-corrected chi connectivity index (χ4v) is 3.79. The second-order valence-corrected chi connectivity index (χ2v) is 7.45. The number of methoxy groups -OCH3 is 1. The number of alkyl halides is 3. The van der Waals surface area contributed by atoms with Crippen molar-refractivity contribution in [2.75, 3.05) is 20.2 Å². The standard InChI is InChI=1S/C19H19F3INO/c1-25-16-8-9-17-14(11-16)3-2-10-24(12-19(20,21)22)18(17)13-4-6-15(23)7-5-13/h4-9,11,18H,2-3,10,12H2,1H3. The van der Waals surface area contributed by atoms with E-state index in [9.17, 15) is 13.2 Å². The normalized spacial score (nSPS) is 18.5. The molecule has 0 N–H and O–H groups in total. The SMILES string of the molecule is COc1ccc2c(c1)CCCN(CC(F)(F)F)C2c1ccc(I)cc1. The number of hydrogen-bond donors (Lipinski definition) is 0. The lowest BCUT2D eigenvalue weighted by atomic mass is 9.93. The van der Waals surface area contributed by atoms with Gasteiger partial charge in [0, 0.05) is 3.57 Å². The van der Waals surface area contributed by atoms with Gasteiger partial charge in [0.2, 0.25) is 0 Å². The highest BCUT2D eigenvalue weighted by atomic mass is 127. The third kappa shape index (κ3) is 4.47. The van der Waals surface area contributed by atoms with E-state index in [0.29, 0.717) is 13.0 Å². The molecule has 134 valence electrons. The van der Waals surface area contributed by atoms with Gasteiger partial charge in [0.05, 0.1) is 19.7 Å². The summed E-state index contributed by atoms with van der Waals surface area (Å²) in [5, 5.41) is 0. The molecule has 2 nitrogen and oxygen atoms in total. The van der Waals surface area contributed by atoms with E-state index in [1.54, 1.807) is 12.0 Å². The monoisotopic (exact) mass is 461 g/mol. The largest absolute Gasteiger partial charge is 0.497 e. The molecule has 0 bridgehead atoms. The second kappa shape index (κ2) is 7.53. The Kier molecular flexibility index (Phi) is 5.58. The molecule has 0 spiro atoms. The molecule has 0 aromatic heterocycles. The van der Waals surface area contributed by atoms with Gasteiger partial charge >= 0.3 is 6.18 Å². The van der Waals surface area contributed by atoms with Gasteiger partial charge in [-0.25, -0.2) is 0 Å². The minimum Gasteiger partial charge on any atom is -0.497 e. The summed E-state index contributed by atoms with van der Waals surface area (Å²) in [6, 6.07) is 13.0. The molecular formula is C19H19F3INO. The van der Waals surface area contributed by atoms with Crippen LogP contribution in [0, 0.1) is 3.57 Å². The van der Waals surface area contributed by atoms with E-state index in [1.165, 1.54) is 0 Å². The Balaban J connectivity index is 2.08. The Morgan fingerprint density at radius 2 is 1.88 bits per heavy atom. The minimum absolute atomic E-state index is 0.401. The number of halogens is 4. The van der Waals surface area contributed by atoms with E-state index in [0.717, 1.165) is 32.4 Å². The molecule has 1 atom stereocenters. The van der Waals surface area contributed by atoms with E-state index < -0.39 is 18.8 Å². The number of hydrogen-bond acceptors (Lipinski definition) is 2. The van der Waals surface area contributed by atoms with E-state index in [2.05, 4.69) is 22.6 Å². The van der Waals surface area contributed by atoms with Crippen LogP contribution in [0.25, 0.3) is 0 Å². The van der Waals surface area contributed by atoms with Crippen LogP contribution in [0.4, 0.5) is 13.2 Å². The first-order chi connectivity index (χ1) is 11.9. The quantitative estimate of drug-likeness (QED) is 0.583. The van der Waals surface area contributed by atoms with E-state index in [4.69, 9.17) is 4.74 Å². The summed E-state index contributed by atoms with van der Waals surface area (Å²) in [6.07, 6.45) is -2.78. The predicted molar refractivity (Wildman–Crippen MR) is 99.9 cm³/mol. The van der Waals surface area contributed by atoms with E-state index >= 15 is 0 Å². The summed E-state index contributed by atoms with van der Waals surface area (Å²) in [5.74, 6) is 0.740. The summed E-state index contributed by atoms with van der Waals surface area (Å²) >= 11 is 2.20. The molecule has 6 heteroatoms. The fraction of sp³-hybridized carbons (Fsp3) is 0.368. The van der Waals surface area contributed by atoms with Crippen LogP contribution in [0.2, 0.25) is 0 Å². The molecule has 2 aromatic rings. The van der Waals surface area contributed by atoms with Crippen LogP contribution >= 0.6 is 22.6 Å². The summed E-state index contributed by atoms with van der Waals surface area (Å²) in [7, 11) is 1.60. The van der Waals surface area contributed by atoms with Crippen molar-refractivity contribution in [2.24, 2.45) is 0 Å². The molecule has 0 saturated heterocycles. The zero-order valence-electron chi connectivity index (χ0n) is 13.8. The van der Waals surface area contributed by atoms with Crippen LogP contribution in [-0.2, 0) is 6.42 Å². The molecule has 1 aliphatic heterocycles. The fourth-order valence-electron chi connectivity index (χ4n) is 3.43. The average molecular weight is 461 g/mol. The molecule has 0 fully saturated rings. The highest BCUT2D eigenvalue weighted by Gasteiger charge is 2.36. The van der Waals surface area contributed by atoms with Crippen molar-refractivity contribution in [2.45, 2.75) is 25.1 Å². The van der Waals surface area contributed by atoms with E-state index in [-0.39, 0.29) is 0 Å². The summed E-state index contributed by atoms with van der Waals surface area (Å²) in [5.41, 5.74) is 2.88. The summed E-state index contributed by atoms with van der Waals surface area (Å²) in [4.78, 5) is 1.54. The first-order valence-electron chi connectivity index (χ1n) is 8.10. The first-order valence-corrected chi connectivity index (χ1v) is 9.18. The van der Waals surface area contributed by atoms with Gasteiger partial charge in [-0.2, -0.15) is 13.2 Å². The Labute approximate surface area is 159 Å². The van der Waals surface area contributed by atoms with Crippen molar-refractivity contribution in [3.63, 3.8) is 0 Å². The molecule has 1 heterocycles. The zero-order valence-corrected chi connectivity index (χ0v) is 16.0. The second-order valence-electron chi connectivity index (χ2n) is 6.21. The Morgan fingerprint density at radius 1 is 1.16 bits per heavy atom. The number of nitrogens with zero attached hydrogens (tertiary/aromatic N) is 1. The summed E-state index contributed by atoms with van der Waals surface area (Å²) in [6.45, 7) is -0.498. The molecule has 3 rings (SSSR count). The molecule has 0 saturated carbocycles. The van der Waals surface area contributed by atoms with Crippen LogP contribution < -0.4 is 4.74 Å². The molecule has 1 aliphatic rings.